The molecule has 1 aromatic rings. The van der Waals surface area contributed by atoms with Crippen LogP contribution in [0.2, 0.25) is 0 Å². The summed E-state index contributed by atoms with van der Waals surface area (Å²) < 4.78 is 0. The fourth-order valence-electron chi connectivity index (χ4n) is 6.65. The van der Waals surface area contributed by atoms with Gasteiger partial charge in [0.2, 0.25) is 5.78 Å². The molecule has 0 bridgehead atoms. The molecule has 1 aliphatic heterocycles. The van der Waals surface area contributed by atoms with Gasteiger partial charge in [-0.2, -0.15) is 0 Å². The molecule has 1 amide bonds. The highest BCUT2D eigenvalue weighted by molar-refractivity contribution is 6.25. The Morgan fingerprint density at radius 3 is 2.35 bits per heavy atom. The number of Topliss-reactive ketones (excluding diaryl/α,β-unsaturated/α-hetero) is 2. The van der Waals surface area contributed by atoms with E-state index in [1.807, 2.05) is 20.8 Å². The van der Waals surface area contributed by atoms with Gasteiger partial charge >= 0.3 is 0 Å². The molecule has 1 heterocycles. The molecule has 12 heteroatoms. The molecule has 1 saturated carbocycles. The van der Waals surface area contributed by atoms with Gasteiger partial charge < -0.3 is 36.6 Å². The van der Waals surface area contributed by atoms with E-state index < -0.39 is 75.3 Å². The van der Waals surface area contributed by atoms with Crippen molar-refractivity contribution >= 4 is 29.4 Å². The molecule has 5 rings (SSSR count). The first-order chi connectivity index (χ1) is 18.5. The summed E-state index contributed by atoms with van der Waals surface area (Å²) in [5.41, 5.74) is -0.195. The van der Waals surface area contributed by atoms with Crippen LogP contribution in [0.15, 0.2) is 34.0 Å². The number of nitrogens with two attached hydrogens (primary N) is 1. The number of aliphatic hydroxyl groups is 4. The number of phenolic OH excluding ortho intramolecular Hbond substituents is 1. The number of hydrogen-bond donors (Lipinski definition) is 7. The lowest BCUT2D eigenvalue weighted by atomic mass is 9.49. The lowest BCUT2D eigenvalue weighted by molar-refractivity contribution is -0.171. The molecule has 1 aromatic carbocycles. The van der Waals surface area contributed by atoms with Crippen LogP contribution in [-0.2, 0) is 20.9 Å². The number of aromatic hydroxyl groups is 1. The van der Waals surface area contributed by atoms with Gasteiger partial charge in [-0.05, 0) is 25.1 Å². The van der Waals surface area contributed by atoms with Crippen LogP contribution in [0.3, 0.4) is 0 Å². The molecule has 12 nitrogen and oxygen atoms in total. The van der Waals surface area contributed by atoms with Gasteiger partial charge in [-0.3, -0.25) is 24.3 Å². The molecular weight excluding hydrogens is 520 g/mol. The van der Waals surface area contributed by atoms with Crippen LogP contribution in [0.5, 0.6) is 5.75 Å². The lowest BCUT2D eigenvalue weighted by Crippen LogP contribution is -2.76. The standard InChI is InChI=1S/C28H34N4O8/c1-26(2,3)10-30-8-11-6-7-12-13-9-31-27(13)17(20(34)14(12)19(11)33)24(38)28(40)16(23(27)37)18(32(4)5)21(35)15(22(28)36)25(29)39/h6-7,9,13,16,18,23,30,33-34,36-37,40H,8,10H2,1-5H3,(H2,29,39)/t13-,16+,18-,23+,27-,28+/m0/s1. The number of likely N-dealkylation sites (N-methyl/N-ethyl adjacent to an activating group) is 1. The van der Waals surface area contributed by atoms with Crippen LogP contribution in [0, 0.1) is 11.3 Å². The number of benzene rings is 1. The van der Waals surface area contributed by atoms with Gasteiger partial charge in [-0.15, -0.1) is 0 Å². The fraction of sp³-hybridized carbons (Fsp3) is 0.500. The van der Waals surface area contributed by atoms with E-state index in [1.165, 1.54) is 25.2 Å². The topological polar surface area (TPSA) is 206 Å². The second-order valence-electron chi connectivity index (χ2n) is 12.4. The number of aliphatic imine (C=N–C) groups is 1. The summed E-state index contributed by atoms with van der Waals surface area (Å²) >= 11 is 0. The van der Waals surface area contributed by atoms with Crippen LogP contribution in [0.1, 0.15) is 43.4 Å². The van der Waals surface area contributed by atoms with Crippen molar-refractivity contribution in [3.05, 3.63) is 45.7 Å². The quantitative estimate of drug-likeness (QED) is 0.239. The van der Waals surface area contributed by atoms with E-state index in [9.17, 15) is 39.9 Å². The first kappa shape index (κ1) is 28.0. The smallest absolute Gasteiger partial charge is 0.255 e. The van der Waals surface area contributed by atoms with E-state index in [2.05, 4.69) is 10.3 Å². The summed E-state index contributed by atoms with van der Waals surface area (Å²) in [6.45, 7) is 7.02. The number of amides is 1. The molecule has 0 saturated heterocycles. The van der Waals surface area contributed by atoms with Gasteiger partial charge in [0.15, 0.2) is 11.4 Å². The molecule has 8 N–H and O–H groups in total. The van der Waals surface area contributed by atoms with Crippen LogP contribution in [0.4, 0.5) is 0 Å². The highest BCUT2D eigenvalue weighted by atomic mass is 16.4. The number of carbonyl (C=O) groups is 3. The Bertz CT molecular complexity index is 1450. The van der Waals surface area contributed by atoms with Gasteiger partial charge in [-0.25, -0.2) is 0 Å². The number of carbonyl (C=O) groups excluding carboxylic acids is 3. The SMILES string of the molecule is CN(C)[C@@H]1C(=O)C(C(N)=O)=C(O)[C@@]2(O)C(=O)C3=C(O)c4c(ccc(CNCC(C)(C)C)c4O)[C@@H]4C=N[C@]34[C@H](O)[C@@H]12. The highest BCUT2D eigenvalue weighted by Crippen LogP contribution is 2.62. The minimum Gasteiger partial charge on any atom is -0.508 e. The zero-order valence-electron chi connectivity index (χ0n) is 22.9. The fourth-order valence-corrected chi connectivity index (χ4v) is 6.65. The highest BCUT2D eigenvalue weighted by Gasteiger charge is 2.75. The second kappa shape index (κ2) is 8.71. The number of fused-ring (bicyclic) bond motifs is 3. The molecule has 6 atom stereocenters. The van der Waals surface area contributed by atoms with Crippen molar-refractivity contribution in [2.75, 3.05) is 20.6 Å². The second-order valence-corrected chi connectivity index (χ2v) is 12.4. The van der Waals surface area contributed by atoms with Crippen molar-refractivity contribution < 1.29 is 39.9 Å². The molecule has 4 aliphatic rings. The Labute approximate surface area is 230 Å². The summed E-state index contributed by atoms with van der Waals surface area (Å²) in [7, 11) is 2.90. The first-order valence-corrected chi connectivity index (χ1v) is 13.0. The molecule has 1 fully saturated rings. The Kier molecular flexibility index (Phi) is 6.09. The molecular formula is C28H34N4O8. The Hall–Kier alpha value is -3.58. The summed E-state index contributed by atoms with van der Waals surface area (Å²) in [5, 5.41) is 60.7. The van der Waals surface area contributed by atoms with Gasteiger partial charge in [0.05, 0.1) is 35.1 Å². The summed E-state index contributed by atoms with van der Waals surface area (Å²) in [6, 6.07) is 1.91. The molecule has 40 heavy (non-hydrogen) atoms. The predicted molar refractivity (Wildman–Crippen MR) is 144 cm³/mol. The lowest BCUT2D eigenvalue weighted by Gasteiger charge is -2.59. The van der Waals surface area contributed by atoms with E-state index >= 15 is 0 Å². The van der Waals surface area contributed by atoms with Crippen molar-refractivity contribution in [1.82, 2.24) is 10.2 Å². The van der Waals surface area contributed by atoms with E-state index in [0.29, 0.717) is 17.7 Å². The van der Waals surface area contributed by atoms with Crippen LogP contribution in [0.25, 0.3) is 5.76 Å². The minimum atomic E-state index is -2.99. The predicted octanol–water partition coefficient (Wildman–Crippen LogP) is -0.181. The Morgan fingerprint density at radius 1 is 1.18 bits per heavy atom. The normalized spacial score (nSPS) is 32.9. The van der Waals surface area contributed by atoms with Gasteiger partial charge in [-0.1, -0.05) is 32.9 Å². The number of nitrogens with one attached hydrogen (secondary N) is 1. The number of nitrogens with zero attached hydrogens (tertiary/aromatic N) is 2. The molecule has 0 unspecified atom stereocenters. The zero-order valence-corrected chi connectivity index (χ0v) is 22.9. The maximum atomic E-state index is 14.2. The van der Waals surface area contributed by atoms with E-state index in [-0.39, 0.29) is 23.3 Å². The largest absolute Gasteiger partial charge is 0.508 e. The zero-order chi connectivity index (χ0) is 29.7. The minimum absolute atomic E-state index is 0.0301. The molecule has 3 aliphatic carbocycles. The average molecular weight is 555 g/mol. The molecule has 0 aromatic heterocycles. The summed E-state index contributed by atoms with van der Waals surface area (Å²) in [5.74, 6) is -8.36. The van der Waals surface area contributed by atoms with Gasteiger partial charge in [0.25, 0.3) is 5.91 Å². The van der Waals surface area contributed by atoms with Crippen molar-refractivity contribution in [1.29, 1.82) is 0 Å². The number of hydrogen-bond acceptors (Lipinski definition) is 11. The maximum Gasteiger partial charge on any atom is 0.255 e. The molecule has 0 radical (unpaired) electrons. The number of rotatable bonds is 5. The Balaban J connectivity index is 1.73. The number of primary amides is 1. The van der Waals surface area contributed by atoms with E-state index in [4.69, 9.17) is 5.73 Å². The van der Waals surface area contributed by atoms with Crippen molar-refractivity contribution in [2.24, 2.45) is 22.1 Å². The Morgan fingerprint density at radius 2 is 1.82 bits per heavy atom. The van der Waals surface area contributed by atoms with Gasteiger partial charge in [0.1, 0.15) is 28.4 Å². The van der Waals surface area contributed by atoms with E-state index in [1.54, 1.807) is 12.1 Å². The monoisotopic (exact) mass is 554 g/mol. The summed E-state index contributed by atoms with van der Waals surface area (Å²) in [6.07, 6.45) is -0.318. The maximum absolute atomic E-state index is 14.2. The van der Waals surface area contributed by atoms with Gasteiger partial charge in [0, 0.05) is 24.9 Å². The van der Waals surface area contributed by atoms with E-state index in [0.717, 1.165) is 0 Å². The third-order valence-electron chi connectivity index (χ3n) is 8.49. The number of ketones is 2. The van der Waals surface area contributed by atoms with Crippen molar-refractivity contribution in [3.8, 4) is 5.75 Å². The van der Waals surface area contributed by atoms with Crippen molar-refractivity contribution in [3.63, 3.8) is 0 Å². The first-order valence-electron chi connectivity index (χ1n) is 13.0. The summed E-state index contributed by atoms with van der Waals surface area (Å²) in [4.78, 5) is 45.3. The number of aliphatic hydroxyl groups excluding tert-OH is 3. The molecule has 214 valence electrons. The van der Waals surface area contributed by atoms with Crippen LogP contribution in [-0.4, -0.2) is 98.0 Å². The third-order valence-corrected chi connectivity index (χ3v) is 8.49. The average Bonchev–Trinajstić information content (AvgIpc) is 2.81. The third kappa shape index (κ3) is 3.39. The number of phenols is 1. The molecule has 1 spiro atoms. The van der Waals surface area contributed by atoms with Crippen LogP contribution < -0.4 is 11.1 Å². The van der Waals surface area contributed by atoms with Crippen LogP contribution >= 0.6 is 0 Å². The van der Waals surface area contributed by atoms with Crippen molar-refractivity contribution in [2.45, 2.75) is 56.5 Å².